The molecule has 0 aliphatic carbocycles. The van der Waals surface area contributed by atoms with Crippen LogP contribution in [0.3, 0.4) is 0 Å². The Bertz CT molecular complexity index is 106. The van der Waals surface area contributed by atoms with Crippen LogP contribution in [0, 0.1) is 0 Å². The normalized spacial score (nSPS) is 29.2. The summed E-state index contributed by atoms with van der Waals surface area (Å²) in [5, 5.41) is 0. The minimum atomic E-state index is -0.678. The molecule has 1 fully saturated rings. The third-order valence-electron chi connectivity index (χ3n) is 1.90. The van der Waals surface area contributed by atoms with E-state index in [0.29, 0.717) is 12.2 Å². The van der Waals surface area contributed by atoms with Crippen molar-refractivity contribution < 1.29 is 53.8 Å². The van der Waals surface area contributed by atoms with E-state index in [1.54, 1.807) is 0 Å². The molecule has 0 aromatic carbocycles. The van der Waals surface area contributed by atoms with Gasteiger partial charge in [0.1, 0.15) is 0 Å². The van der Waals surface area contributed by atoms with Gasteiger partial charge in [-0.2, -0.15) is 0 Å². The van der Waals surface area contributed by atoms with Gasteiger partial charge in [0.15, 0.2) is 0 Å². The second-order valence-corrected chi connectivity index (χ2v) is 24.2. The summed E-state index contributed by atoms with van der Waals surface area (Å²) in [4.78, 5) is 0. The van der Waals surface area contributed by atoms with Crippen LogP contribution in [0.1, 0.15) is 0 Å². The van der Waals surface area contributed by atoms with Crippen molar-refractivity contribution in [2.45, 2.75) is 20.1 Å². The van der Waals surface area contributed by atoms with Crippen molar-refractivity contribution in [3.8, 4) is 0 Å². The van der Waals surface area contributed by atoms with Gasteiger partial charge in [0.25, 0.3) is 0 Å². The monoisotopic (exact) mass is 676 g/mol. The van der Waals surface area contributed by atoms with Crippen molar-refractivity contribution in [2.24, 2.45) is 0 Å². The van der Waals surface area contributed by atoms with Crippen LogP contribution in [0.15, 0.2) is 0 Å². The first-order valence-electron chi connectivity index (χ1n) is 4.22. The molecule has 2 atom stereocenters. The van der Waals surface area contributed by atoms with Gasteiger partial charge in [-0.1, -0.05) is 0 Å². The number of rotatable bonds is 4. The van der Waals surface area contributed by atoms with Crippen molar-refractivity contribution in [2.75, 3.05) is 13.2 Å². The standard InChI is InChI=1S/C6H10O2.2BrH.2Hg/c1-5-3-8-6(2)4-7-5;;;;/h5-6H,1-4H2;2*1H;;/q;;;2*+1/p-2. The molecule has 0 N–H and O–H groups in total. The summed E-state index contributed by atoms with van der Waals surface area (Å²) in [5.74, 6) is 0. The van der Waals surface area contributed by atoms with Gasteiger partial charge in [-0.25, -0.2) is 0 Å². The Kier molecular flexibility index (Phi) is 8.51. The zero-order chi connectivity index (χ0) is 8.81. The molecule has 0 radical (unpaired) electrons. The van der Waals surface area contributed by atoms with Crippen LogP contribution in [0.5, 0.6) is 0 Å². The summed E-state index contributed by atoms with van der Waals surface area (Å²) in [7, 11) is 0. The summed E-state index contributed by atoms with van der Waals surface area (Å²) in [6.07, 6.45) is 0.851. The van der Waals surface area contributed by atoms with E-state index in [0.717, 1.165) is 13.2 Å². The number of ether oxygens (including phenoxy) is 2. The fraction of sp³-hybridized carbons (Fsp3) is 1.00. The fourth-order valence-electron chi connectivity index (χ4n) is 1.16. The second-order valence-electron chi connectivity index (χ2n) is 2.87. The maximum absolute atomic E-state index is 5.70. The SMILES string of the molecule is [Br][Hg][CH2]C1COC([CH2][Hg][Br])CO1. The molecule has 2 unspecified atom stereocenters. The van der Waals surface area contributed by atoms with E-state index < -0.39 is 44.3 Å². The van der Waals surface area contributed by atoms with Gasteiger partial charge in [0.2, 0.25) is 0 Å². The molecule has 64 valence electrons. The van der Waals surface area contributed by atoms with E-state index in [-0.39, 0.29) is 0 Å². The van der Waals surface area contributed by atoms with E-state index in [1.165, 1.54) is 7.86 Å². The first kappa shape index (κ1) is 12.8. The first-order chi connectivity index (χ1) is 5.86. The van der Waals surface area contributed by atoms with Crippen LogP contribution < -0.4 is 0 Å². The molecule has 1 aliphatic rings. The molecule has 0 amide bonds. The predicted octanol–water partition coefficient (Wildman–Crippen LogP) is 2.39. The average molecular weight is 675 g/mol. The molecule has 0 aromatic heterocycles. The quantitative estimate of drug-likeness (QED) is 0.427. The van der Waals surface area contributed by atoms with E-state index in [4.69, 9.17) is 9.47 Å². The summed E-state index contributed by atoms with van der Waals surface area (Å²) >= 11 is 5.89. The maximum atomic E-state index is 5.70. The zero-order valence-corrected chi connectivity index (χ0v) is 21.1. The van der Waals surface area contributed by atoms with E-state index in [2.05, 4.69) is 23.8 Å². The molecule has 0 saturated carbocycles. The third kappa shape index (κ3) is 5.01. The van der Waals surface area contributed by atoms with Gasteiger partial charge in [-0.05, 0) is 0 Å². The minimum absolute atomic E-state index is 0.425. The Hall–Kier alpha value is 2.75. The molecule has 1 saturated heterocycles. The van der Waals surface area contributed by atoms with Crippen LogP contribution in [0.2, 0.25) is 7.86 Å². The number of halogens is 2. The summed E-state index contributed by atoms with van der Waals surface area (Å²) in [6, 6.07) is 0. The summed E-state index contributed by atoms with van der Waals surface area (Å²) in [6.45, 7) is 1.69. The Balaban J connectivity index is 2.11. The van der Waals surface area contributed by atoms with Gasteiger partial charge >= 0.3 is 111 Å². The number of hydrogen-bond acceptors (Lipinski definition) is 2. The molecule has 12 heavy (non-hydrogen) atoms. The van der Waals surface area contributed by atoms with Crippen LogP contribution >= 0.6 is 23.8 Å². The third-order valence-corrected chi connectivity index (χ3v) is 16.6. The van der Waals surface area contributed by atoms with Gasteiger partial charge < -0.3 is 0 Å². The first-order valence-corrected chi connectivity index (χ1v) is 35.8. The van der Waals surface area contributed by atoms with Crippen molar-refractivity contribution >= 4 is 23.8 Å². The van der Waals surface area contributed by atoms with E-state index >= 15 is 0 Å². The van der Waals surface area contributed by atoms with Gasteiger partial charge in [0.05, 0.1) is 0 Å². The van der Waals surface area contributed by atoms with Crippen LogP contribution in [-0.2, 0) is 53.8 Å². The van der Waals surface area contributed by atoms with E-state index in [9.17, 15) is 0 Å². The Morgan fingerprint density at radius 2 is 1.42 bits per heavy atom. The van der Waals surface area contributed by atoms with E-state index in [1.807, 2.05) is 0 Å². The predicted molar refractivity (Wildman–Crippen MR) is 46.9 cm³/mol. The van der Waals surface area contributed by atoms with Crippen LogP contribution in [0.4, 0.5) is 0 Å². The molecule has 6 heteroatoms. The molecule has 0 bridgehead atoms. The van der Waals surface area contributed by atoms with Gasteiger partial charge in [-0.15, -0.1) is 0 Å². The van der Waals surface area contributed by atoms with Crippen molar-refractivity contribution in [1.82, 2.24) is 0 Å². The Morgan fingerprint density at radius 1 is 1.00 bits per heavy atom. The fourth-order valence-corrected chi connectivity index (χ4v) is 14.6. The second kappa shape index (κ2) is 7.97. The molecule has 1 aliphatic heterocycles. The molecule has 2 nitrogen and oxygen atoms in total. The number of hydrogen-bond donors (Lipinski definition) is 0. The van der Waals surface area contributed by atoms with Gasteiger partial charge in [-0.3, -0.25) is 0 Å². The van der Waals surface area contributed by atoms with Crippen molar-refractivity contribution in [1.29, 1.82) is 0 Å². The Morgan fingerprint density at radius 3 is 1.67 bits per heavy atom. The molecule has 0 spiro atoms. The molecule has 1 heterocycles. The molecule has 0 aromatic rings. The van der Waals surface area contributed by atoms with Gasteiger partial charge in [0, 0.05) is 0 Å². The summed E-state index contributed by atoms with van der Waals surface area (Å²) in [5.41, 5.74) is 0. The van der Waals surface area contributed by atoms with Crippen molar-refractivity contribution in [3.63, 3.8) is 0 Å². The molecular formula is C6H10Br2Hg2O2. The van der Waals surface area contributed by atoms with Crippen LogP contribution in [-0.4, -0.2) is 25.4 Å². The molecule has 1 rings (SSSR count). The Labute approximate surface area is 109 Å². The van der Waals surface area contributed by atoms with Crippen molar-refractivity contribution in [3.05, 3.63) is 0 Å². The average Bonchev–Trinajstić information content (AvgIpc) is 2.09. The molecular weight excluding hydrogens is 665 g/mol. The zero-order valence-electron chi connectivity index (χ0n) is 6.97. The topological polar surface area (TPSA) is 18.5 Å². The van der Waals surface area contributed by atoms with Crippen LogP contribution in [0.25, 0.3) is 0 Å². The summed E-state index contributed by atoms with van der Waals surface area (Å²) < 4.78 is 14.0.